The predicted octanol–water partition coefficient (Wildman–Crippen LogP) is 2.91. The minimum Gasteiger partial charge on any atom is -0.305 e. The molecule has 0 spiro atoms. The molecule has 1 aromatic carbocycles. The molecule has 1 aromatic heterocycles. The van der Waals surface area contributed by atoms with Crippen molar-refractivity contribution in [3.05, 3.63) is 47.3 Å². The Morgan fingerprint density at radius 1 is 1.33 bits per heavy atom. The highest BCUT2D eigenvalue weighted by Gasteiger charge is 2.17. The molecule has 0 saturated heterocycles. The third-order valence-electron chi connectivity index (χ3n) is 2.55. The third-order valence-corrected chi connectivity index (χ3v) is 3.04. The zero-order chi connectivity index (χ0) is 13.0. The van der Waals surface area contributed by atoms with Crippen molar-refractivity contribution < 1.29 is 8.78 Å². The molecule has 1 N–H and O–H groups in total. The van der Waals surface area contributed by atoms with E-state index < -0.39 is 11.6 Å². The molecule has 0 radical (unpaired) electrons. The summed E-state index contributed by atoms with van der Waals surface area (Å²) in [6.07, 6.45) is 2.58. The Hall–Kier alpha value is -1.40. The number of rotatable bonds is 5. The van der Waals surface area contributed by atoms with Gasteiger partial charge in [0, 0.05) is 0 Å². The standard InChI is InChI=1S/C12H13F2N3S/c1-2-5-15-12(11-7-16-18-17-11)8-3-4-9(13)10(14)6-8/h3-4,6-7,12,15H,2,5H2,1H3. The highest BCUT2D eigenvalue weighted by Crippen LogP contribution is 2.22. The maximum absolute atomic E-state index is 13.3. The van der Waals surface area contributed by atoms with Gasteiger partial charge in [0.15, 0.2) is 11.6 Å². The van der Waals surface area contributed by atoms with Crippen LogP contribution in [0.15, 0.2) is 24.4 Å². The molecule has 0 aliphatic rings. The molecule has 18 heavy (non-hydrogen) atoms. The van der Waals surface area contributed by atoms with Crippen LogP contribution in [0.5, 0.6) is 0 Å². The maximum atomic E-state index is 13.3. The van der Waals surface area contributed by atoms with E-state index in [9.17, 15) is 8.78 Å². The molecule has 0 fully saturated rings. The van der Waals surface area contributed by atoms with E-state index in [1.165, 1.54) is 6.07 Å². The average molecular weight is 269 g/mol. The SMILES string of the molecule is CCCNC(c1ccc(F)c(F)c1)c1cnsn1. The Labute approximate surface area is 108 Å². The summed E-state index contributed by atoms with van der Waals surface area (Å²) in [5.41, 5.74) is 1.37. The lowest BCUT2D eigenvalue weighted by molar-refractivity contribution is 0.502. The average Bonchev–Trinajstić information content (AvgIpc) is 2.88. The van der Waals surface area contributed by atoms with Crippen molar-refractivity contribution in [2.75, 3.05) is 6.54 Å². The minimum absolute atomic E-state index is 0.251. The molecule has 96 valence electrons. The zero-order valence-electron chi connectivity index (χ0n) is 9.86. The van der Waals surface area contributed by atoms with Gasteiger partial charge in [-0.15, -0.1) is 0 Å². The second kappa shape index (κ2) is 5.97. The van der Waals surface area contributed by atoms with Crippen LogP contribution in [-0.4, -0.2) is 15.3 Å². The summed E-state index contributed by atoms with van der Waals surface area (Å²) in [7, 11) is 0. The largest absolute Gasteiger partial charge is 0.305 e. The van der Waals surface area contributed by atoms with E-state index in [1.54, 1.807) is 12.3 Å². The summed E-state index contributed by atoms with van der Waals surface area (Å²) >= 11 is 1.10. The van der Waals surface area contributed by atoms with Crippen molar-refractivity contribution in [3.63, 3.8) is 0 Å². The molecule has 0 bridgehead atoms. The van der Waals surface area contributed by atoms with Crippen LogP contribution in [0.2, 0.25) is 0 Å². The highest BCUT2D eigenvalue weighted by atomic mass is 32.1. The summed E-state index contributed by atoms with van der Waals surface area (Å²) in [4.78, 5) is 0. The first-order valence-electron chi connectivity index (χ1n) is 5.68. The fourth-order valence-corrected chi connectivity index (χ4v) is 2.12. The van der Waals surface area contributed by atoms with Gasteiger partial charge in [-0.1, -0.05) is 13.0 Å². The van der Waals surface area contributed by atoms with E-state index in [2.05, 4.69) is 14.1 Å². The highest BCUT2D eigenvalue weighted by molar-refractivity contribution is 6.99. The Balaban J connectivity index is 2.30. The van der Waals surface area contributed by atoms with Crippen LogP contribution >= 0.6 is 11.7 Å². The molecule has 0 saturated carbocycles. The Morgan fingerprint density at radius 2 is 2.17 bits per heavy atom. The minimum atomic E-state index is -0.848. The molecule has 3 nitrogen and oxygen atoms in total. The van der Waals surface area contributed by atoms with Gasteiger partial charge in [0.25, 0.3) is 0 Å². The number of halogens is 2. The first-order chi connectivity index (χ1) is 8.72. The predicted molar refractivity (Wildman–Crippen MR) is 66.4 cm³/mol. The monoisotopic (exact) mass is 269 g/mol. The van der Waals surface area contributed by atoms with Crippen LogP contribution in [0.1, 0.15) is 30.6 Å². The van der Waals surface area contributed by atoms with Crippen molar-refractivity contribution in [1.29, 1.82) is 0 Å². The summed E-state index contributed by atoms with van der Waals surface area (Å²) in [6, 6.07) is 3.64. The number of nitrogens with one attached hydrogen (secondary N) is 1. The lowest BCUT2D eigenvalue weighted by Crippen LogP contribution is -2.23. The van der Waals surface area contributed by atoms with Crippen LogP contribution < -0.4 is 5.32 Å². The molecule has 1 atom stereocenters. The summed E-state index contributed by atoms with van der Waals surface area (Å²) in [5.74, 6) is -1.69. The van der Waals surface area contributed by atoms with Gasteiger partial charge < -0.3 is 5.32 Å². The lowest BCUT2D eigenvalue weighted by atomic mass is 10.0. The van der Waals surface area contributed by atoms with Crippen LogP contribution in [0.3, 0.4) is 0 Å². The van der Waals surface area contributed by atoms with E-state index in [-0.39, 0.29) is 6.04 Å². The first-order valence-corrected chi connectivity index (χ1v) is 6.41. The maximum Gasteiger partial charge on any atom is 0.159 e. The third kappa shape index (κ3) is 2.88. The van der Waals surface area contributed by atoms with Gasteiger partial charge in [0.2, 0.25) is 0 Å². The molecule has 0 aliphatic carbocycles. The molecule has 2 rings (SSSR count). The molecular formula is C12H13F2N3S. The Bertz CT molecular complexity index is 502. The van der Waals surface area contributed by atoms with Gasteiger partial charge in [-0.25, -0.2) is 8.78 Å². The van der Waals surface area contributed by atoms with E-state index in [4.69, 9.17) is 0 Å². The number of hydrogen-bond donors (Lipinski definition) is 1. The van der Waals surface area contributed by atoms with Crippen molar-refractivity contribution in [2.45, 2.75) is 19.4 Å². The molecule has 6 heteroatoms. The molecule has 1 heterocycles. The first kappa shape index (κ1) is 13.0. The van der Waals surface area contributed by atoms with Gasteiger partial charge >= 0.3 is 0 Å². The number of aromatic nitrogens is 2. The molecular weight excluding hydrogens is 256 g/mol. The van der Waals surface area contributed by atoms with Gasteiger partial charge in [-0.05, 0) is 30.7 Å². The fourth-order valence-electron chi connectivity index (χ4n) is 1.67. The quantitative estimate of drug-likeness (QED) is 0.907. The van der Waals surface area contributed by atoms with Gasteiger partial charge in [0.05, 0.1) is 29.7 Å². The van der Waals surface area contributed by atoms with E-state index in [0.29, 0.717) is 5.56 Å². The van der Waals surface area contributed by atoms with Crippen molar-refractivity contribution >= 4 is 11.7 Å². The van der Waals surface area contributed by atoms with Crippen LogP contribution in [0.4, 0.5) is 8.78 Å². The van der Waals surface area contributed by atoms with Crippen LogP contribution in [0, 0.1) is 11.6 Å². The van der Waals surface area contributed by atoms with Gasteiger partial charge in [0.1, 0.15) is 0 Å². The van der Waals surface area contributed by atoms with Crippen molar-refractivity contribution in [1.82, 2.24) is 14.1 Å². The number of benzene rings is 1. The molecule has 0 aliphatic heterocycles. The summed E-state index contributed by atoms with van der Waals surface area (Å²) < 4.78 is 34.3. The van der Waals surface area contributed by atoms with Crippen LogP contribution in [-0.2, 0) is 0 Å². The van der Waals surface area contributed by atoms with Crippen LogP contribution in [0.25, 0.3) is 0 Å². The van der Waals surface area contributed by atoms with Crippen molar-refractivity contribution in [3.8, 4) is 0 Å². The molecule has 0 amide bonds. The fraction of sp³-hybridized carbons (Fsp3) is 0.333. The normalized spacial score (nSPS) is 12.6. The molecule has 1 unspecified atom stereocenters. The van der Waals surface area contributed by atoms with Crippen molar-refractivity contribution in [2.24, 2.45) is 0 Å². The zero-order valence-corrected chi connectivity index (χ0v) is 10.7. The van der Waals surface area contributed by atoms with E-state index >= 15 is 0 Å². The van der Waals surface area contributed by atoms with Gasteiger partial charge in [-0.3, -0.25) is 0 Å². The van der Waals surface area contributed by atoms with Gasteiger partial charge in [-0.2, -0.15) is 8.75 Å². The topological polar surface area (TPSA) is 37.8 Å². The Kier molecular flexibility index (Phi) is 4.33. The Morgan fingerprint density at radius 3 is 2.78 bits per heavy atom. The summed E-state index contributed by atoms with van der Waals surface area (Å²) in [6.45, 7) is 2.80. The second-order valence-electron chi connectivity index (χ2n) is 3.89. The number of nitrogens with zero attached hydrogens (tertiary/aromatic N) is 2. The number of hydrogen-bond acceptors (Lipinski definition) is 4. The molecule has 2 aromatic rings. The summed E-state index contributed by atoms with van der Waals surface area (Å²) in [5, 5.41) is 3.25. The second-order valence-corrected chi connectivity index (χ2v) is 4.45. The smallest absolute Gasteiger partial charge is 0.159 e. The van der Waals surface area contributed by atoms with E-state index in [1.807, 2.05) is 6.92 Å². The van der Waals surface area contributed by atoms with E-state index in [0.717, 1.165) is 36.5 Å². The lowest BCUT2D eigenvalue weighted by Gasteiger charge is -2.16.